The largest absolute Gasteiger partial charge is 0.336 e. The van der Waals surface area contributed by atoms with E-state index in [1.807, 2.05) is 18.5 Å². The van der Waals surface area contributed by atoms with E-state index in [-0.39, 0.29) is 0 Å². The highest BCUT2D eigenvalue weighted by molar-refractivity contribution is 5.63. The summed E-state index contributed by atoms with van der Waals surface area (Å²) >= 11 is 0. The molecule has 0 saturated heterocycles. The van der Waals surface area contributed by atoms with Crippen molar-refractivity contribution in [1.29, 1.82) is 0 Å². The fourth-order valence-corrected chi connectivity index (χ4v) is 3.66. The van der Waals surface area contributed by atoms with Gasteiger partial charge in [-0.3, -0.25) is 4.98 Å². The van der Waals surface area contributed by atoms with Crippen LogP contribution in [0.5, 0.6) is 0 Å². The molecule has 128 valence electrons. The van der Waals surface area contributed by atoms with E-state index < -0.39 is 0 Å². The van der Waals surface area contributed by atoms with Crippen molar-refractivity contribution in [3.05, 3.63) is 66.2 Å². The second-order valence-corrected chi connectivity index (χ2v) is 6.66. The molecule has 0 spiro atoms. The van der Waals surface area contributed by atoms with Gasteiger partial charge in [-0.1, -0.05) is 24.3 Å². The molecular weight excluding hydrogens is 326 g/mol. The first-order valence-electron chi connectivity index (χ1n) is 8.64. The van der Waals surface area contributed by atoms with Gasteiger partial charge in [0.05, 0.1) is 12.0 Å². The number of rotatable bonds is 4. The van der Waals surface area contributed by atoms with E-state index in [9.17, 15) is 0 Å². The van der Waals surface area contributed by atoms with Crippen LogP contribution in [0.1, 0.15) is 11.1 Å². The lowest BCUT2D eigenvalue weighted by molar-refractivity contribution is 0.466. The minimum absolute atomic E-state index is 0.553. The molecular formula is C19H17N7. The molecule has 7 heteroatoms. The number of nitrogens with zero attached hydrogens (tertiary/aromatic N) is 6. The zero-order valence-electron chi connectivity index (χ0n) is 14.1. The third-order valence-electron chi connectivity index (χ3n) is 4.86. The van der Waals surface area contributed by atoms with Crippen LogP contribution < -0.4 is 0 Å². The predicted octanol–water partition coefficient (Wildman–Crippen LogP) is 2.54. The van der Waals surface area contributed by atoms with Crippen LogP contribution in [0.4, 0.5) is 0 Å². The summed E-state index contributed by atoms with van der Waals surface area (Å²) < 4.78 is 2.16. The van der Waals surface area contributed by atoms with Crippen LogP contribution in [0, 0.1) is 5.92 Å². The van der Waals surface area contributed by atoms with Gasteiger partial charge >= 0.3 is 0 Å². The Hall–Kier alpha value is -3.35. The normalized spacial score (nSPS) is 13.8. The first-order chi connectivity index (χ1) is 12.8. The third kappa shape index (κ3) is 2.77. The van der Waals surface area contributed by atoms with E-state index in [0.29, 0.717) is 11.7 Å². The third-order valence-corrected chi connectivity index (χ3v) is 4.86. The average molecular weight is 343 g/mol. The molecule has 1 N–H and O–H groups in total. The van der Waals surface area contributed by atoms with E-state index in [1.54, 1.807) is 6.20 Å². The topological polar surface area (TPSA) is 85.2 Å². The van der Waals surface area contributed by atoms with Gasteiger partial charge in [0.25, 0.3) is 0 Å². The van der Waals surface area contributed by atoms with Gasteiger partial charge in [0.15, 0.2) is 0 Å². The lowest BCUT2D eigenvalue weighted by Gasteiger charge is -2.09. The van der Waals surface area contributed by atoms with Crippen molar-refractivity contribution in [3.8, 4) is 22.8 Å². The van der Waals surface area contributed by atoms with Gasteiger partial charge in [0, 0.05) is 24.5 Å². The molecule has 1 aliphatic carbocycles. The molecule has 0 unspecified atom stereocenters. The lowest BCUT2D eigenvalue weighted by Crippen LogP contribution is -2.09. The van der Waals surface area contributed by atoms with E-state index in [4.69, 9.17) is 0 Å². The number of nitrogens with one attached hydrogen (secondary N) is 1. The van der Waals surface area contributed by atoms with Gasteiger partial charge in [0.1, 0.15) is 5.69 Å². The Labute approximate surface area is 150 Å². The van der Waals surface area contributed by atoms with Crippen LogP contribution in [0.3, 0.4) is 0 Å². The highest BCUT2D eigenvalue weighted by atomic mass is 15.5. The van der Waals surface area contributed by atoms with Crippen LogP contribution in [0.15, 0.2) is 55.1 Å². The Morgan fingerprint density at radius 2 is 1.88 bits per heavy atom. The minimum atomic E-state index is 0.553. The van der Waals surface area contributed by atoms with Gasteiger partial charge in [-0.05, 0) is 47.2 Å². The maximum absolute atomic E-state index is 4.54. The van der Waals surface area contributed by atoms with Crippen molar-refractivity contribution in [2.75, 3.05) is 0 Å². The maximum atomic E-state index is 4.54. The monoisotopic (exact) mass is 343 g/mol. The number of H-pyrrole nitrogens is 1. The van der Waals surface area contributed by atoms with Crippen molar-refractivity contribution in [2.24, 2.45) is 5.92 Å². The molecule has 0 aliphatic heterocycles. The van der Waals surface area contributed by atoms with Gasteiger partial charge in [0.2, 0.25) is 5.82 Å². The van der Waals surface area contributed by atoms with Crippen molar-refractivity contribution in [1.82, 2.24) is 35.2 Å². The molecule has 4 aromatic rings. The molecule has 0 atom stereocenters. The van der Waals surface area contributed by atoms with Crippen LogP contribution in [0.25, 0.3) is 22.8 Å². The molecule has 3 heterocycles. The second kappa shape index (κ2) is 6.18. The Kier molecular flexibility index (Phi) is 3.55. The van der Waals surface area contributed by atoms with Crippen LogP contribution in [-0.2, 0) is 19.4 Å². The van der Waals surface area contributed by atoms with Gasteiger partial charge < -0.3 is 4.57 Å². The number of imidazole rings is 1. The number of aromatic amines is 1. The Morgan fingerprint density at radius 3 is 2.65 bits per heavy atom. The zero-order valence-corrected chi connectivity index (χ0v) is 14.1. The van der Waals surface area contributed by atoms with Crippen molar-refractivity contribution < 1.29 is 0 Å². The summed E-state index contributed by atoms with van der Waals surface area (Å²) in [5.41, 5.74) is 5.48. The zero-order chi connectivity index (χ0) is 17.3. The summed E-state index contributed by atoms with van der Waals surface area (Å²) in [5, 5.41) is 14.1. The highest BCUT2D eigenvalue weighted by Gasteiger charge is 2.21. The average Bonchev–Trinajstić information content (AvgIpc) is 3.42. The number of pyridine rings is 1. The molecule has 0 radical (unpaired) electrons. The Morgan fingerprint density at radius 1 is 1.04 bits per heavy atom. The summed E-state index contributed by atoms with van der Waals surface area (Å²) in [4.78, 5) is 8.97. The molecule has 7 nitrogen and oxygen atoms in total. The first kappa shape index (κ1) is 14.9. The smallest absolute Gasteiger partial charge is 0.204 e. The first-order valence-corrected chi connectivity index (χ1v) is 8.64. The van der Waals surface area contributed by atoms with Crippen LogP contribution in [-0.4, -0.2) is 35.2 Å². The van der Waals surface area contributed by atoms with Gasteiger partial charge in [-0.15, -0.1) is 10.2 Å². The molecule has 0 bridgehead atoms. The number of benzene rings is 1. The Balaban J connectivity index is 1.34. The molecule has 5 rings (SSSR count). The van der Waals surface area contributed by atoms with Gasteiger partial charge in [-0.2, -0.15) is 5.21 Å². The molecule has 0 saturated carbocycles. The van der Waals surface area contributed by atoms with E-state index in [2.05, 4.69) is 65.6 Å². The van der Waals surface area contributed by atoms with E-state index >= 15 is 0 Å². The Bertz CT molecular complexity index is 1010. The molecule has 1 aliphatic rings. The SMILES string of the molecule is c1ccc2c(c1)CC(Cn1cnc(-c3cc(-c4nn[nH]n4)ccn3)c1)C2. The van der Waals surface area contributed by atoms with Crippen LogP contribution >= 0.6 is 0 Å². The second-order valence-electron chi connectivity index (χ2n) is 6.66. The summed E-state index contributed by atoms with van der Waals surface area (Å²) in [6, 6.07) is 12.5. The fraction of sp³-hybridized carbons (Fsp3) is 0.211. The number of fused-ring (bicyclic) bond motifs is 1. The molecule has 1 aromatic carbocycles. The van der Waals surface area contributed by atoms with Crippen molar-refractivity contribution in [2.45, 2.75) is 19.4 Å². The highest BCUT2D eigenvalue weighted by Crippen LogP contribution is 2.28. The number of tetrazole rings is 1. The number of aromatic nitrogens is 7. The molecule has 26 heavy (non-hydrogen) atoms. The fourth-order valence-electron chi connectivity index (χ4n) is 3.66. The molecule has 0 fully saturated rings. The maximum Gasteiger partial charge on any atom is 0.204 e. The summed E-state index contributed by atoms with van der Waals surface area (Å²) in [5.74, 6) is 1.17. The summed E-state index contributed by atoms with van der Waals surface area (Å²) in [7, 11) is 0. The lowest BCUT2D eigenvalue weighted by atomic mass is 10.1. The predicted molar refractivity (Wildman–Crippen MR) is 96.0 cm³/mol. The van der Waals surface area contributed by atoms with E-state index in [1.165, 1.54) is 11.1 Å². The van der Waals surface area contributed by atoms with Crippen molar-refractivity contribution >= 4 is 0 Å². The van der Waals surface area contributed by atoms with Crippen LogP contribution in [0.2, 0.25) is 0 Å². The minimum Gasteiger partial charge on any atom is -0.336 e. The van der Waals surface area contributed by atoms with Gasteiger partial charge in [-0.25, -0.2) is 4.98 Å². The number of hydrogen-bond donors (Lipinski definition) is 1. The quantitative estimate of drug-likeness (QED) is 0.615. The van der Waals surface area contributed by atoms with E-state index in [0.717, 1.165) is 36.3 Å². The van der Waals surface area contributed by atoms with Crippen molar-refractivity contribution in [3.63, 3.8) is 0 Å². The molecule has 0 amide bonds. The summed E-state index contributed by atoms with van der Waals surface area (Å²) in [6.07, 6.45) is 7.96. The standard InChI is InChI=1S/C19H17N7/c1-2-4-15-8-13(7-14(15)3-1)10-26-11-18(21-12-26)17-9-16(5-6-20-17)19-22-24-25-23-19/h1-6,9,11-13H,7-8,10H2,(H,22,23,24,25). The number of hydrogen-bond acceptors (Lipinski definition) is 5. The summed E-state index contributed by atoms with van der Waals surface area (Å²) in [6.45, 7) is 0.964. The molecule has 3 aromatic heterocycles.